The Morgan fingerprint density at radius 3 is 2.64 bits per heavy atom. The lowest BCUT2D eigenvalue weighted by Gasteiger charge is -2.15. The van der Waals surface area contributed by atoms with E-state index < -0.39 is 0 Å². The molecule has 0 spiro atoms. The highest BCUT2D eigenvalue weighted by Gasteiger charge is 2.10. The SMILES string of the molecule is CCCC(CCO)CNC(=O)Cc1ccc2ccccc2c1. The number of hydrogen-bond acceptors (Lipinski definition) is 2. The van der Waals surface area contributed by atoms with Crippen LogP contribution in [-0.4, -0.2) is 24.2 Å². The molecular weight excluding hydrogens is 274 g/mol. The van der Waals surface area contributed by atoms with E-state index in [9.17, 15) is 4.79 Å². The van der Waals surface area contributed by atoms with Crippen molar-refractivity contribution in [1.29, 1.82) is 0 Å². The second kappa shape index (κ2) is 8.54. The van der Waals surface area contributed by atoms with Gasteiger partial charge in [-0.05, 0) is 35.1 Å². The Hall–Kier alpha value is -1.87. The average molecular weight is 299 g/mol. The quantitative estimate of drug-likeness (QED) is 0.786. The second-order valence-electron chi connectivity index (χ2n) is 5.83. The zero-order chi connectivity index (χ0) is 15.8. The molecule has 3 nitrogen and oxygen atoms in total. The van der Waals surface area contributed by atoms with Crippen molar-refractivity contribution >= 4 is 16.7 Å². The summed E-state index contributed by atoms with van der Waals surface area (Å²) in [6.45, 7) is 2.97. The minimum Gasteiger partial charge on any atom is -0.396 e. The number of aliphatic hydroxyl groups excluding tert-OH is 1. The fourth-order valence-electron chi connectivity index (χ4n) is 2.79. The third kappa shape index (κ3) is 4.85. The van der Waals surface area contributed by atoms with Crippen LogP contribution in [0.15, 0.2) is 42.5 Å². The van der Waals surface area contributed by atoms with Gasteiger partial charge in [0, 0.05) is 13.2 Å². The lowest BCUT2D eigenvalue weighted by Crippen LogP contribution is -2.30. The number of benzene rings is 2. The van der Waals surface area contributed by atoms with E-state index >= 15 is 0 Å². The Bertz CT molecular complexity index is 603. The Morgan fingerprint density at radius 2 is 1.91 bits per heavy atom. The number of aliphatic hydroxyl groups is 1. The summed E-state index contributed by atoms with van der Waals surface area (Å²) in [6.07, 6.45) is 3.27. The summed E-state index contributed by atoms with van der Waals surface area (Å²) in [7, 11) is 0. The molecule has 1 unspecified atom stereocenters. The van der Waals surface area contributed by atoms with Crippen molar-refractivity contribution in [3.05, 3.63) is 48.0 Å². The third-order valence-corrected chi connectivity index (χ3v) is 4.00. The fraction of sp³-hybridized carbons (Fsp3) is 0.421. The molecule has 0 radical (unpaired) electrons. The standard InChI is InChI=1S/C19H25NO2/c1-2-5-15(10-11-21)14-20-19(22)13-16-8-9-17-6-3-4-7-18(17)12-16/h3-4,6-9,12,15,21H,2,5,10-11,13-14H2,1H3,(H,20,22). The zero-order valence-corrected chi connectivity index (χ0v) is 13.2. The van der Waals surface area contributed by atoms with Gasteiger partial charge >= 0.3 is 0 Å². The van der Waals surface area contributed by atoms with Crippen LogP contribution in [0.1, 0.15) is 31.7 Å². The van der Waals surface area contributed by atoms with Crippen molar-refractivity contribution < 1.29 is 9.90 Å². The van der Waals surface area contributed by atoms with E-state index in [2.05, 4.69) is 36.5 Å². The number of carbonyl (C=O) groups excluding carboxylic acids is 1. The molecule has 1 atom stereocenters. The second-order valence-corrected chi connectivity index (χ2v) is 5.83. The van der Waals surface area contributed by atoms with Gasteiger partial charge in [-0.2, -0.15) is 0 Å². The van der Waals surface area contributed by atoms with E-state index in [0.29, 0.717) is 18.9 Å². The van der Waals surface area contributed by atoms with Gasteiger partial charge in [0.05, 0.1) is 6.42 Å². The summed E-state index contributed by atoms with van der Waals surface area (Å²) >= 11 is 0. The summed E-state index contributed by atoms with van der Waals surface area (Å²) < 4.78 is 0. The molecule has 0 aliphatic rings. The van der Waals surface area contributed by atoms with Crippen molar-refractivity contribution in [3.8, 4) is 0 Å². The van der Waals surface area contributed by atoms with Gasteiger partial charge in [-0.15, -0.1) is 0 Å². The molecule has 0 heterocycles. The third-order valence-electron chi connectivity index (χ3n) is 4.00. The van der Waals surface area contributed by atoms with E-state index in [1.54, 1.807) is 0 Å². The molecule has 0 bridgehead atoms. The van der Waals surface area contributed by atoms with Crippen LogP contribution in [0.5, 0.6) is 0 Å². The van der Waals surface area contributed by atoms with Crippen LogP contribution in [0, 0.1) is 5.92 Å². The van der Waals surface area contributed by atoms with Crippen molar-refractivity contribution in [2.45, 2.75) is 32.6 Å². The monoisotopic (exact) mass is 299 g/mol. The minimum absolute atomic E-state index is 0.0503. The number of rotatable bonds is 8. The Morgan fingerprint density at radius 1 is 1.14 bits per heavy atom. The molecule has 3 heteroatoms. The molecule has 1 amide bonds. The van der Waals surface area contributed by atoms with E-state index in [1.165, 1.54) is 5.39 Å². The van der Waals surface area contributed by atoms with Crippen LogP contribution < -0.4 is 5.32 Å². The normalized spacial score (nSPS) is 12.3. The zero-order valence-electron chi connectivity index (χ0n) is 13.2. The summed E-state index contributed by atoms with van der Waals surface area (Å²) in [5.74, 6) is 0.421. The maximum Gasteiger partial charge on any atom is 0.224 e. The summed E-state index contributed by atoms with van der Waals surface area (Å²) in [5, 5.41) is 14.4. The number of fused-ring (bicyclic) bond motifs is 1. The first kappa shape index (κ1) is 16.5. The van der Waals surface area contributed by atoms with Gasteiger partial charge in [0.25, 0.3) is 0 Å². The first-order valence-corrected chi connectivity index (χ1v) is 8.08. The van der Waals surface area contributed by atoms with Crippen LogP contribution in [0.2, 0.25) is 0 Å². The summed E-state index contributed by atoms with van der Waals surface area (Å²) in [5.41, 5.74) is 1.03. The Balaban J connectivity index is 1.89. The van der Waals surface area contributed by atoms with E-state index in [0.717, 1.165) is 30.2 Å². The molecule has 0 fully saturated rings. The highest BCUT2D eigenvalue weighted by atomic mass is 16.3. The molecule has 2 aromatic rings. The lowest BCUT2D eigenvalue weighted by atomic mass is 10.00. The number of hydrogen-bond donors (Lipinski definition) is 2. The molecule has 22 heavy (non-hydrogen) atoms. The molecule has 2 N–H and O–H groups in total. The average Bonchev–Trinajstić information content (AvgIpc) is 2.53. The molecule has 2 rings (SSSR count). The van der Waals surface area contributed by atoms with Crippen LogP contribution in [0.25, 0.3) is 10.8 Å². The molecule has 2 aromatic carbocycles. The van der Waals surface area contributed by atoms with Gasteiger partial charge in [0.15, 0.2) is 0 Å². The van der Waals surface area contributed by atoms with Crippen molar-refractivity contribution in [3.63, 3.8) is 0 Å². The summed E-state index contributed by atoms with van der Waals surface area (Å²) in [6, 6.07) is 14.3. The van der Waals surface area contributed by atoms with Crippen molar-refractivity contribution in [2.24, 2.45) is 5.92 Å². The van der Waals surface area contributed by atoms with E-state index in [4.69, 9.17) is 5.11 Å². The molecule has 118 valence electrons. The number of carbonyl (C=O) groups is 1. The molecular formula is C19H25NO2. The van der Waals surface area contributed by atoms with Gasteiger partial charge in [-0.1, -0.05) is 55.8 Å². The van der Waals surface area contributed by atoms with Crippen LogP contribution in [-0.2, 0) is 11.2 Å². The van der Waals surface area contributed by atoms with Crippen LogP contribution >= 0.6 is 0 Å². The smallest absolute Gasteiger partial charge is 0.224 e. The van der Waals surface area contributed by atoms with Crippen molar-refractivity contribution in [2.75, 3.05) is 13.2 Å². The number of amides is 1. The maximum absolute atomic E-state index is 12.1. The fourth-order valence-corrected chi connectivity index (χ4v) is 2.79. The van der Waals surface area contributed by atoms with Gasteiger partial charge in [0.1, 0.15) is 0 Å². The highest BCUT2D eigenvalue weighted by Crippen LogP contribution is 2.16. The maximum atomic E-state index is 12.1. The lowest BCUT2D eigenvalue weighted by molar-refractivity contribution is -0.120. The topological polar surface area (TPSA) is 49.3 Å². The van der Waals surface area contributed by atoms with Crippen molar-refractivity contribution in [1.82, 2.24) is 5.32 Å². The van der Waals surface area contributed by atoms with Gasteiger partial charge < -0.3 is 10.4 Å². The van der Waals surface area contributed by atoms with Gasteiger partial charge in [0.2, 0.25) is 5.91 Å². The molecule has 0 aromatic heterocycles. The molecule has 0 saturated heterocycles. The van der Waals surface area contributed by atoms with Gasteiger partial charge in [-0.25, -0.2) is 0 Å². The number of nitrogens with one attached hydrogen (secondary N) is 1. The predicted octanol–water partition coefficient (Wildman–Crippen LogP) is 3.30. The molecule has 0 aliphatic heterocycles. The van der Waals surface area contributed by atoms with Gasteiger partial charge in [-0.3, -0.25) is 4.79 Å². The van der Waals surface area contributed by atoms with Crippen LogP contribution in [0.3, 0.4) is 0 Å². The molecule has 0 aliphatic carbocycles. The Labute approximate surface area is 132 Å². The Kier molecular flexibility index (Phi) is 6.41. The summed E-state index contributed by atoms with van der Waals surface area (Å²) in [4.78, 5) is 12.1. The molecule has 0 saturated carbocycles. The highest BCUT2D eigenvalue weighted by molar-refractivity contribution is 5.85. The van der Waals surface area contributed by atoms with E-state index in [-0.39, 0.29) is 12.5 Å². The first-order chi connectivity index (χ1) is 10.7. The predicted molar refractivity (Wildman–Crippen MR) is 90.8 cm³/mol. The van der Waals surface area contributed by atoms with Crippen LogP contribution in [0.4, 0.5) is 0 Å². The first-order valence-electron chi connectivity index (χ1n) is 8.08. The largest absolute Gasteiger partial charge is 0.396 e. The van der Waals surface area contributed by atoms with E-state index in [1.807, 2.05) is 18.2 Å². The minimum atomic E-state index is 0.0503.